The van der Waals surface area contributed by atoms with Gasteiger partial charge in [-0.1, -0.05) is 19.1 Å². The molecule has 2 aromatic rings. The summed E-state index contributed by atoms with van der Waals surface area (Å²) < 4.78 is 5.94. The molecule has 1 aromatic carbocycles. The number of thioether (sulfide) groups is 1. The quantitative estimate of drug-likeness (QED) is 0.614. The molecule has 0 spiro atoms. The standard InChI is InChI=1S/C16H20N2OS/c1-3-8-17-10-13-9-14(12-18-11-13)19-15-6-4-5-7-16(15)20-2/h4-7,9,11-12,17H,3,8,10H2,1-2H3. The molecule has 1 aromatic heterocycles. The average molecular weight is 288 g/mol. The van der Waals surface area contributed by atoms with Crippen molar-refractivity contribution >= 4 is 11.8 Å². The molecule has 0 saturated heterocycles. The number of pyridine rings is 1. The van der Waals surface area contributed by atoms with Crippen LogP contribution in [0.2, 0.25) is 0 Å². The third kappa shape index (κ3) is 4.25. The van der Waals surface area contributed by atoms with Gasteiger partial charge in [0.15, 0.2) is 0 Å². The first-order valence-electron chi connectivity index (χ1n) is 6.79. The van der Waals surface area contributed by atoms with Crippen molar-refractivity contribution in [3.63, 3.8) is 0 Å². The van der Waals surface area contributed by atoms with E-state index in [9.17, 15) is 0 Å². The first-order chi connectivity index (χ1) is 9.83. The summed E-state index contributed by atoms with van der Waals surface area (Å²) in [7, 11) is 0. The van der Waals surface area contributed by atoms with Gasteiger partial charge in [-0.2, -0.15) is 0 Å². The van der Waals surface area contributed by atoms with Gasteiger partial charge in [0.2, 0.25) is 0 Å². The number of hydrogen-bond acceptors (Lipinski definition) is 4. The van der Waals surface area contributed by atoms with Crippen molar-refractivity contribution in [3.05, 3.63) is 48.3 Å². The van der Waals surface area contributed by atoms with Crippen LogP contribution in [-0.4, -0.2) is 17.8 Å². The fraction of sp³-hybridized carbons (Fsp3) is 0.312. The molecule has 20 heavy (non-hydrogen) atoms. The van der Waals surface area contributed by atoms with Gasteiger partial charge in [-0.25, -0.2) is 0 Å². The molecule has 1 heterocycles. The molecule has 3 nitrogen and oxygen atoms in total. The molecule has 0 radical (unpaired) electrons. The van der Waals surface area contributed by atoms with Crippen molar-refractivity contribution in [2.45, 2.75) is 24.8 Å². The van der Waals surface area contributed by atoms with E-state index in [1.54, 1.807) is 18.0 Å². The Balaban J connectivity index is 2.07. The van der Waals surface area contributed by atoms with Gasteiger partial charge in [0.1, 0.15) is 11.5 Å². The smallest absolute Gasteiger partial charge is 0.146 e. The van der Waals surface area contributed by atoms with E-state index >= 15 is 0 Å². The molecular formula is C16H20N2OS. The van der Waals surface area contributed by atoms with Crippen LogP contribution in [0.1, 0.15) is 18.9 Å². The van der Waals surface area contributed by atoms with Gasteiger partial charge in [0.05, 0.1) is 6.20 Å². The molecule has 0 aliphatic carbocycles. The average Bonchev–Trinajstić information content (AvgIpc) is 2.48. The predicted molar refractivity (Wildman–Crippen MR) is 84.5 cm³/mol. The van der Waals surface area contributed by atoms with Gasteiger partial charge in [0.25, 0.3) is 0 Å². The molecule has 4 heteroatoms. The van der Waals surface area contributed by atoms with Crippen molar-refractivity contribution in [1.82, 2.24) is 10.3 Å². The highest BCUT2D eigenvalue weighted by atomic mass is 32.2. The second kappa shape index (κ2) is 7.92. The summed E-state index contributed by atoms with van der Waals surface area (Å²) in [5.41, 5.74) is 1.14. The zero-order valence-electron chi connectivity index (χ0n) is 11.9. The highest BCUT2D eigenvalue weighted by Gasteiger charge is 2.04. The molecule has 106 valence electrons. The fourth-order valence-corrected chi connectivity index (χ4v) is 2.38. The topological polar surface area (TPSA) is 34.2 Å². The number of aromatic nitrogens is 1. The second-order valence-corrected chi connectivity index (χ2v) is 5.31. The van der Waals surface area contributed by atoms with Crippen LogP contribution >= 0.6 is 11.8 Å². The molecule has 0 bridgehead atoms. The number of nitrogens with one attached hydrogen (secondary N) is 1. The molecule has 2 rings (SSSR count). The van der Waals surface area contributed by atoms with Crippen LogP contribution in [0.3, 0.4) is 0 Å². The number of hydrogen-bond donors (Lipinski definition) is 1. The van der Waals surface area contributed by atoms with Crippen molar-refractivity contribution < 1.29 is 4.74 Å². The van der Waals surface area contributed by atoms with Crippen LogP contribution < -0.4 is 10.1 Å². The fourth-order valence-electron chi connectivity index (χ4n) is 1.86. The minimum Gasteiger partial charge on any atom is -0.455 e. The van der Waals surface area contributed by atoms with Crippen LogP contribution in [0, 0.1) is 0 Å². The lowest BCUT2D eigenvalue weighted by Gasteiger charge is -2.10. The Labute approximate surface area is 124 Å². The molecule has 0 aliphatic rings. The van der Waals surface area contributed by atoms with Gasteiger partial charge in [0, 0.05) is 17.6 Å². The summed E-state index contributed by atoms with van der Waals surface area (Å²) in [5.74, 6) is 1.66. The van der Waals surface area contributed by atoms with E-state index < -0.39 is 0 Å². The van der Waals surface area contributed by atoms with E-state index in [1.807, 2.05) is 36.7 Å². The normalized spacial score (nSPS) is 10.5. The first-order valence-corrected chi connectivity index (χ1v) is 8.01. The van der Waals surface area contributed by atoms with E-state index in [2.05, 4.69) is 23.3 Å². The molecule has 0 atom stereocenters. The number of nitrogens with zero attached hydrogens (tertiary/aromatic N) is 1. The van der Waals surface area contributed by atoms with Crippen molar-refractivity contribution in [1.29, 1.82) is 0 Å². The Bertz CT molecular complexity index is 546. The van der Waals surface area contributed by atoms with Gasteiger partial charge < -0.3 is 10.1 Å². The molecule has 0 amide bonds. The van der Waals surface area contributed by atoms with Crippen LogP contribution in [0.4, 0.5) is 0 Å². The van der Waals surface area contributed by atoms with Crippen LogP contribution in [0.5, 0.6) is 11.5 Å². The Morgan fingerprint density at radius 1 is 1.25 bits per heavy atom. The van der Waals surface area contributed by atoms with Crippen molar-refractivity contribution in [3.8, 4) is 11.5 Å². The lowest BCUT2D eigenvalue weighted by atomic mass is 10.2. The van der Waals surface area contributed by atoms with Gasteiger partial charge in [-0.05, 0) is 43.0 Å². The van der Waals surface area contributed by atoms with E-state index in [-0.39, 0.29) is 0 Å². The van der Waals surface area contributed by atoms with Crippen molar-refractivity contribution in [2.75, 3.05) is 12.8 Å². The van der Waals surface area contributed by atoms with Crippen molar-refractivity contribution in [2.24, 2.45) is 0 Å². The number of ether oxygens (including phenoxy) is 1. The molecule has 0 fully saturated rings. The predicted octanol–water partition coefficient (Wildman–Crippen LogP) is 4.10. The zero-order valence-corrected chi connectivity index (χ0v) is 12.7. The van der Waals surface area contributed by atoms with Crippen LogP contribution in [-0.2, 0) is 6.54 Å². The lowest BCUT2D eigenvalue weighted by Crippen LogP contribution is -2.13. The Hall–Kier alpha value is -1.52. The third-order valence-electron chi connectivity index (χ3n) is 2.82. The van der Waals surface area contributed by atoms with E-state index in [4.69, 9.17) is 4.74 Å². The van der Waals surface area contributed by atoms with Crippen LogP contribution in [0.15, 0.2) is 47.6 Å². The minimum absolute atomic E-state index is 0.780. The summed E-state index contributed by atoms with van der Waals surface area (Å²) in [6.45, 7) is 3.99. The summed E-state index contributed by atoms with van der Waals surface area (Å²) in [5, 5.41) is 3.37. The largest absolute Gasteiger partial charge is 0.455 e. The Morgan fingerprint density at radius 3 is 2.90 bits per heavy atom. The van der Waals surface area contributed by atoms with Gasteiger partial charge in [-0.15, -0.1) is 11.8 Å². The minimum atomic E-state index is 0.780. The summed E-state index contributed by atoms with van der Waals surface area (Å²) in [4.78, 5) is 5.37. The zero-order chi connectivity index (χ0) is 14.2. The third-order valence-corrected chi connectivity index (χ3v) is 3.60. The Morgan fingerprint density at radius 2 is 2.10 bits per heavy atom. The maximum atomic E-state index is 5.94. The summed E-state index contributed by atoms with van der Waals surface area (Å²) >= 11 is 1.68. The monoisotopic (exact) mass is 288 g/mol. The number of rotatable bonds is 7. The van der Waals surface area contributed by atoms with E-state index in [1.165, 1.54) is 0 Å². The number of para-hydroxylation sites is 1. The SMILES string of the molecule is CCCNCc1cncc(Oc2ccccc2SC)c1. The first kappa shape index (κ1) is 14.9. The molecule has 0 saturated carbocycles. The molecule has 0 unspecified atom stereocenters. The molecular weight excluding hydrogens is 268 g/mol. The summed E-state index contributed by atoms with van der Waals surface area (Å²) in [6.07, 6.45) is 6.80. The van der Waals surface area contributed by atoms with E-state index in [0.717, 1.165) is 41.5 Å². The maximum Gasteiger partial charge on any atom is 0.146 e. The van der Waals surface area contributed by atoms with Gasteiger partial charge in [-0.3, -0.25) is 4.98 Å². The van der Waals surface area contributed by atoms with Gasteiger partial charge >= 0.3 is 0 Å². The Kier molecular flexibility index (Phi) is 5.89. The van der Waals surface area contributed by atoms with E-state index in [0.29, 0.717) is 0 Å². The molecule has 1 N–H and O–H groups in total. The highest BCUT2D eigenvalue weighted by Crippen LogP contribution is 2.31. The summed E-state index contributed by atoms with van der Waals surface area (Å²) in [6, 6.07) is 10.1. The second-order valence-electron chi connectivity index (χ2n) is 4.46. The lowest BCUT2D eigenvalue weighted by molar-refractivity contribution is 0.467. The highest BCUT2D eigenvalue weighted by molar-refractivity contribution is 7.98. The van der Waals surface area contributed by atoms with Crippen LogP contribution in [0.25, 0.3) is 0 Å². The molecule has 0 aliphatic heterocycles. The number of benzene rings is 1. The maximum absolute atomic E-state index is 5.94.